The van der Waals surface area contributed by atoms with E-state index in [1.165, 1.54) is 17.6 Å². The molecule has 0 aliphatic rings. The first-order chi connectivity index (χ1) is 11.6. The van der Waals surface area contributed by atoms with E-state index in [9.17, 15) is 13.2 Å². The summed E-state index contributed by atoms with van der Waals surface area (Å²) >= 11 is 0. The Bertz CT molecular complexity index is 894. The Labute approximate surface area is 136 Å². The zero-order valence-electron chi connectivity index (χ0n) is 12.5. The molecule has 5 heteroatoms. The van der Waals surface area contributed by atoms with Crippen LogP contribution in [0.1, 0.15) is 5.56 Å². The monoisotopic (exact) mass is 326 g/mol. The molecule has 4 rings (SSSR count). The minimum atomic E-state index is -4.34. The number of halogens is 3. The maximum absolute atomic E-state index is 12.5. The number of fused-ring (bicyclic) bond motifs is 2. The van der Waals surface area contributed by atoms with E-state index in [1.807, 2.05) is 30.5 Å². The lowest BCUT2D eigenvalue weighted by Gasteiger charge is -2.08. The molecule has 2 heterocycles. The average molecular weight is 326 g/mol. The normalized spacial score (nSPS) is 11.1. The Morgan fingerprint density at radius 1 is 0.625 bits per heavy atom. The van der Waals surface area contributed by atoms with E-state index in [4.69, 9.17) is 0 Å². The molecule has 2 aromatic heterocycles. The van der Waals surface area contributed by atoms with Crippen molar-refractivity contribution in [3.8, 4) is 0 Å². The second-order valence-electron chi connectivity index (χ2n) is 5.07. The topological polar surface area (TPSA) is 25.8 Å². The minimum absolute atomic E-state index is 0.00231. The number of nitrogens with zero attached hydrogens (tertiary/aromatic N) is 2. The predicted octanol–water partition coefficient (Wildman–Crippen LogP) is 5.49. The Morgan fingerprint density at radius 2 is 1.25 bits per heavy atom. The highest BCUT2D eigenvalue weighted by Gasteiger charge is 2.32. The molecule has 0 unspecified atom stereocenters. The van der Waals surface area contributed by atoms with Crippen molar-refractivity contribution >= 4 is 21.8 Å². The summed E-state index contributed by atoms with van der Waals surface area (Å²) in [5.41, 5.74) is 0.378. The Balaban J connectivity index is 0.000000149. The molecule has 0 N–H and O–H groups in total. The van der Waals surface area contributed by atoms with Crippen molar-refractivity contribution < 1.29 is 13.2 Å². The molecule has 4 aromatic rings. The van der Waals surface area contributed by atoms with E-state index < -0.39 is 11.7 Å². The van der Waals surface area contributed by atoms with Gasteiger partial charge in [-0.3, -0.25) is 9.97 Å². The van der Waals surface area contributed by atoms with Crippen LogP contribution in [0.25, 0.3) is 21.8 Å². The van der Waals surface area contributed by atoms with E-state index >= 15 is 0 Å². The number of hydrogen-bond donors (Lipinski definition) is 0. The van der Waals surface area contributed by atoms with Crippen molar-refractivity contribution in [2.45, 2.75) is 6.18 Å². The van der Waals surface area contributed by atoms with Crippen molar-refractivity contribution in [1.82, 2.24) is 9.97 Å². The highest BCUT2D eigenvalue weighted by molar-refractivity contribution is 5.82. The molecule has 120 valence electrons. The van der Waals surface area contributed by atoms with Crippen molar-refractivity contribution in [2.24, 2.45) is 0 Å². The fraction of sp³-hybridized carbons (Fsp3) is 0.0526. The van der Waals surface area contributed by atoms with E-state index in [2.05, 4.69) is 22.1 Å². The molecule has 2 nitrogen and oxygen atoms in total. The van der Waals surface area contributed by atoms with Gasteiger partial charge in [-0.1, -0.05) is 42.5 Å². The number of benzene rings is 2. The van der Waals surface area contributed by atoms with Crippen LogP contribution in [0.15, 0.2) is 79.1 Å². The summed E-state index contributed by atoms with van der Waals surface area (Å²) in [5.74, 6) is 0. The highest BCUT2D eigenvalue weighted by atomic mass is 19.4. The first-order valence-corrected chi connectivity index (χ1v) is 7.26. The molecule has 0 bridgehead atoms. The van der Waals surface area contributed by atoms with Crippen LogP contribution in [0.4, 0.5) is 13.2 Å². The van der Waals surface area contributed by atoms with Gasteiger partial charge in [0.15, 0.2) is 0 Å². The maximum Gasteiger partial charge on any atom is 0.418 e. The number of alkyl halides is 3. The number of pyridine rings is 2. The van der Waals surface area contributed by atoms with Gasteiger partial charge < -0.3 is 0 Å². The van der Waals surface area contributed by atoms with Crippen LogP contribution in [0.2, 0.25) is 0 Å². The molecule has 24 heavy (non-hydrogen) atoms. The van der Waals surface area contributed by atoms with Gasteiger partial charge in [-0.15, -0.1) is 0 Å². The summed E-state index contributed by atoms with van der Waals surface area (Å²) in [7, 11) is 0. The van der Waals surface area contributed by atoms with Gasteiger partial charge in [-0.2, -0.15) is 13.2 Å². The van der Waals surface area contributed by atoms with Gasteiger partial charge in [-0.05, 0) is 24.3 Å². The molecule has 0 saturated carbocycles. The lowest BCUT2D eigenvalue weighted by molar-refractivity contribution is -0.136. The standard InChI is InChI=1S/C10H6F3N.C9H7N/c11-10(12,13)8-5-1-3-7-4-2-6-14-9(7)8;1-2-6-9-8(4-1)5-3-7-10-9/h1-6H;1-7H. The Morgan fingerprint density at radius 3 is 2.00 bits per heavy atom. The summed E-state index contributed by atoms with van der Waals surface area (Å²) in [6.07, 6.45) is -1.17. The number of aromatic nitrogens is 2. The maximum atomic E-state index is 12.5. The molecule has 0 atom stereocenters. The fourth-order valence-electron chi connectivity index (χ4n) is 2.35. The van der Waals surface area contributed by atoms with Crippen molar-refractivity contribution in [3.63, 3.8) is 0 Å². The van der Waals surface area contributed by atoms with Gasteiger partial charge in [0.2, 0.25) is 0 Å². The summed E-state index contributed by atoms with van der Waals surface area (Å²) in [5, 5.41) is 1.70. The number of rotatable bonds is 0. The van der Waals surface area contributed by atoms with Crippen molar-refractivity contribution in [3.05, 3.63) is 84.7 Å². The van der Waals surface area contributed by atoms with Gasteiger partial charge in [0, 0.05) is 23.2 Å². The molecule has 0 fully saturated rings. The summed E-state index contributed by atoms with van der Waals surface area (Å²) in [4.78, 5) is 7.91. The fourth-order valence-corrected chi connectivity index (χ4v) is 2.35. The first-order valence-electron chi connectivity index (χ1n) is 7.26. The molecule has 0 spiro atoms. The second kappa shape index (κ2) is 6.66. The van der Waals surface area contributed by atoms with Gasteiger partial charge in [0.1, 0.15) is 0 Å². The number of para-hydroxylation sites is 2. The van der Waals surface area contributed by atoms with Crippen LogP contribution in [-0.4, -0.2) is 9.97 Å². The van der Waals surface area contributed by atoms with E-state index in [0.717, 1.165) is 11.6 Å². The van der Waals surface area contributed by atoms with Crippen LogP contribution < -0.4 is 0 Å². The van der Waals surface area contributed by atoms with Crippen LogP contribution in [0, 0.1) is 0 Å². The quantitative estimate of drug-likeness (QED) is 0.427. The smallest absolute Gasteiger partial charge is 0.256 e. The summed E-state index contributed by atoms with van der Waals surface area (Å²) in [6, 6.07) is 19.3. The van der Waals surface area contributed by atoms with Crippen LogP contribution >= 0.6 is 0 Å². The van der Waals surface area contributed by atoms with Gasteiger partial charge in [0.05, 0.1) is 16.6 Å². The molecular weight excluding hydrogens is 313 g/mol. The van der Waals surface area contributed by atoms with Crippen molar-refractivity contribution in [2.75, 3.05) is 0 Å². The third kappa shape index (κ3) is 3.51. The lowest BCUT2D eigenvalue weighted by Crippen LogP contribution is -2.06. The van der Waals surface area contributed by atoms with E-state index in [1.54, 1.807) is 18.2 Å². The SMILES string of the molecule is FC(F)(F)c1cccc2cccnc12.c1ccc2ncccc2c1. The molecule has 2 aromatic carbocycles. The van der Waals surface area contributed by atoms with Crippen LogP contribution in [0.5, 0.6) is 0 Å². The second-order valence-corrected chi connectivity index (χ2v) is 5.07. The zero-order chi connectivity index (χ0) is 17.0. The molecule has 0 aliphatic heterocycles. The Kier molecular flexibility index (Phi) is 4.42. The minimum Gasteiger partial charge on any atom is -0.256 e. The largest absolute Gasteiger partial charge is 0.418 e. The molecule has 0 radical (unpaired) electrons. The molecule has 0 saturated heterocycles. The van der Waals surface area contributed by atoms with E-state index in [-0.39, 0.29) is 5.52 Å². The van der Waals surface area contributed by atoms with Crippen LogP contribution in [0.3, 0.4) is 0 Å². The van der Waals surface area contributed by atoms with Crippen LogP contribution in [-0.2, 0) is 6.18 Å². The summed E-state index contributed by atoms with van der Waals surface area (Å²) < 4.78 is 37.4. The van der Waals surface area contributed by atoms with Crippen molar-refractivity contribution in [1.29, 1.82) is 0 Å². The molecule has 0 amide bonds. The van der Waals surface area contributed by atoms with Gasteiger partial charge >= 0.3 is 6.18 Å². The molecular formula is C19H13F3N2. The third-order valence-electron chi connectivity index (χ3n) is 3.45. The first kappa shape index (κ1) is 15.9. The van der Waals surface area contributed by atoms with Gasteiger partial charge in [0.25, 0.3) is 0 Å². The predicted molar refractivity (Wildman–Crippen MR) is 88.5 cm³/mol. The lowest BCUT2D eigenvalue weighted by atomic mass is 10.1. The van der Waals surface area contributed by atoms with Gasteiger partial charge in [-0.25, -0.2) is 0 Å². The summed E-state index contributed by atoms with van der Waals surface area (Å²) in [6.45, 7) is 0. The number of hydrogen-bond acceptors (Lipinski definition) is 2. The van der Waals surface area contributed by atoms with E-state index in [0.29, 0.717) is 5.39 Å². The average Bonchev–Trinajstić information content (AvgIpc) is 2.61. The molecule has 0 aliphatic carbocycles. The Hall–Kier alpha value is -2.95. The zero-order valence-corrected chi connectivity index (χ0v) is 12.5. The third-order valence-corrected chi connectivity index (χ3v) is 3.45. The highest BCUT2D eigenvalue weighted by Crippen LogP contribution is 2.33.